The zero-order valence-corrected chi connectivity index (χ0v) is 10.2. The Labute approximate surface area is 57.1 Å². The maximum atomic E-state index is 3.05. The molecule has 0 aromatic heterocycles. The van der Waals surface area contributed by atoms with Crippen LogP contribution in [0.15, 0.2) is 0 Å². The van der Waals surface area contributed by atoms with Crippen molar-refractivity contribution < 1.29 is 24.6 Å². The van der Waals surface area contributed by atoms with Crippen LogP contribution in [0.25, 0.3) is 0 Å². The van der Waals surface area contributed by atoms with Gasteiger partial charge in [0, 0.05) is 0 Å². The van der Waals surface area contributed by atoms with Gasteiger partial charge in [0.05, 0.1) is 0 Å². The summed E-state index contributed by atoms with van der Waals surface area (Å²) in [5, 5.41) is 0. The van der Waals surface area contributed by atoms with E-state index in [1.54, 1.807) is 0 Å². The van der Waals surface area contributed by atoms with Crippen LogP contribution in [0.2, 0.25) is 0 Å². The van der Waals surface area contributed by atoms with Gasteiger partial charge in [-0.3, -0.25) is 0 Å². The Balaban J connectivity index is 3.21. The third-order valence-corrected chi connectivity index (χ3v) is 4.65. The fourth-order valence-corrected chi connectivity index (χ4v) is 1.94. The fraction of sp³-hybridized carbons (Fsp3) is 0.333. The van der Waals surface area contributed by atoms with E-state index in [-0.39, 0.29) is 0 Å². The molecule has 0 radical (unpaired) electrons. The van der Waals surface area contributed by atoms with E-state index in [0.717, 1.165) is 0 Å². The molecule has 0 unspecified atom stereocenters. The molecule has 0 bridgehead atoms. The van der Waals surface area contributed by atoms with Crippen molar-refractivity contribution in [2.24, 2.45) is 0 Å². The average Bonchev–Trinajstić information content (AvgIpc) is 1.69. The SMILES string of the molecule is CC#[C][Hg][C]#CC. The van der Waals surface area contributed by atoms with Gasteiger partial charge < -0.3 is 0 Å². The molecule has 0 aromatic rings. The first-order valence-corrected chi connectivity index (χ1v) is 7.70. The van der Waals surface area contributed by atoms with E-state index < -0.39 is 24.6 Å². The molecule has 0 aromatic carbocycles. The molecule has 0 spiro atoms. The minimum atomic E-state index is -0.927. The van der Waals surface area contributed by atoms with Gasteiger partial charge in [0.2, 0.25) is 0 Å². The van der Waals surface area contributed by atoms with Crippen LogP contribution < -0.4 is 0 Å². The van der Waals surface area contributed by atoms with Gasteiger partial charge in [-0.2, -0.15) is 0 Å². The summed E-state index contributed by atoms with van der Waals surface area (Å²) in [5.74, 6) is 5.70. The Morgan fingerprint density at radius 2 is 1.43 bits per heavy atom. The Kier molecular flexibility index (Phi) is 6.10. The van der Waals surface area contributed by atoms with Gasteiger partial charge in [-0.15, -0.1) is 0 Å². The number of hydrogen-bond donors (Lipinski definition) is 0. The van der Waals surface area contributed by atoms with Gasteiger partial charge in [0.15, 0.2) is 0 Å². The fourth-order valence-electron chi connectivity index (χ4n) is 0.221. The molecule has 0 aliphatic carbocycles. The Morgan fingerprint density at radius 3 is 1.71 bits per heavy atom. The summed E-state index contributed by atoms with van der Waals surface area (Å²) in [5.41, 5.74) is 0. The van der Waals surface area contributed by atoms with Gasteiger partial charge in [-0.05, 0) is 0 Å². The Bertz CT molecular complexity index is 119. The molecule has 7 heavy (non-hydrogen) atoms. The molecule has 0 saturated heterocycles. The minimum absolute atomic E-state index is 0.927. The van der Waals surface area contributed by atoms with Gasteiger partial charge >= 0.3 is 57.1 Å². The summed E-state index contributed by atoms with van der Waals surface area (Å²) < 4.78 is 6.10. The van der Waals surface area contributed by atoms with Crippen molar-refractivity contribution in [1.29, 1.82) is 0 Å². The van der Waals surface area contributed by atoms with E-state index in [4.69, 9.17) is 0 Å². The zero-order valence-electron chi connectivity index (χ0n) is 4.71. The molecule has 0 aliphatic rings. The number of rotatable bonds is 0. The van der Waals surface area contributed by atoms with Crippen LogP contribution in [0.1, 0.15) is 13.8 Å². The van der Waals surface area contributed by atoms with Crippen LogP contribution in [-0.4, -0.2) is 0 Å². The standard InChI is InChI=1S/2C3H3.Hg/c2*1-3-2;/h2*1H3;. The Hall–Kier alpha value is 0.0551. The third-order valence-electron chi connectivity index (χ3n) is 0.530. The van der Waals surface area contributed by atoms with Crippen LogP contribution in [-0.2, 0) is 24.6 Å². The first-order valence-electron chi connectivity index (χ1n) is 2.21. The second kappa shape index (κ2) is 6.06. The van der Waals surface area contributed by atoms with Crippen molar-refractivity contribution in [3.63, 3.8) is 0 Å². The summed E-state index contributed by atoms with van der Waals surface area (Å²) in [6.07, 6.45) is 0. The predicted molar refractivity (Wildman–Crippen MR) is 26.9 cm³/mol. The van der Waals surface area contributed by atoms with E-state index in [1.165, 1.54) is 0 Å². The first kappa shape index (κ1) is 7.06. The summed E-state index contributed by atoms with van der Waals surface area (Å²) in [6.45, 7) is 3.74. The van der Waals surface area contributed by atoms with E-state index in [0.29, 0.717) is 0 Å². The second-order valence-corrected chi connectivity index (χ2v) is 5.15. The van der Waals surface area contributed by atoms with Crippen molar-refractivity contribution in [3.05, 3.63) is 0 Å². The van der Waals surface area contributed by atoms with Crippen molar-refractivity contribution in [1.82, 2.24) is 0 Å². The molecule has 32 valence electrons. The first-order chi connectivity index (χ1) is 3.41. The summed E-state index contributed by atoms with van der Waals surface area (Å²) >= 11 is -0.927. The van der Waals surface area contributed by atoms with Gasteiger partial charge in [-0.25, -0.2) is 0 Å². The van der Waals surface area contributed by atoms with Crippen molar-refractivity contribution >= 4 is 0 Å². The van der Waals surface area contributed by atoms with Crippen LogP contribution in [0.4, 0.5) is 0 Å². The molecule has 0 fully saturated rings. The molecule has 0 heterocycles. The summed E-state index contributed by atoms with van der Waals surface area (Å²) in [6, 6.07) is 0. The molecule has 0 N–H and O–H groups in total. The molecule has 0 nitrogen and oxygen atoms in total. The van der Waals surface area contributed by atoms with Crippen molar-refractivity contribution in [2.45, 2.75) is 13.8 Å². The molecule has 0 rings (SSSR count). The molecular weight excluding hydrogens is 273 g/mol. The Morgan fingerprint density at radius 1 is 1.00 bits per heavy atom. The molecule has 0 atom stereocenters. The monoisotopic (exact) mass is 280 g/mol. The zero-order chi connectivity index (χ0) is 5.54. The van der Waals surface area contributed by atoms with Crippen LogP contribution in [0, 0.1) is 18.7 Å². The van der Waals surface area contributed by atoms with Gasteiger partial charge in [-0.1, -0.05) is 0 Å². The van der Waals surface area contributed by atoms with E-state index in [1.807, 2.05) is 13.8 Å². The average molecular weight is 279 g/mol. The normalized spacial score (nSPS) is 3.71. The van der Waals surface area contributed by atoms with Gasteiger partial charge in [0.25, 0.3) is 0 Å². The topological polar surface area (TPSA) is 0 Å². The maximum absolute atomic E-state index is 3.05. The van der Waals surface area contributed by atoms with Crippen molar-refractivity contribution in [2.75, 3.05) is 0 Å². The van der Waals surface area contributed by atoms with Crippen LogP contribution in [0.5, 0.6) is 0 Å². The molecular formula is C6H6Hg. The number of hydrogen-bond acceptors (Lipinski definition) is 0. The second-order valence-electron chi connectivity index (χ2n) is 1.03. The summed E-state index contributed by atoms with van der Waals surface area (Å²) in [7, 11) is 0. The van der Waals surface area contributed by atoms with E-state index in [9.17, 15) is 0 Å². The van der Waals surface area contributed by atoms with Crippen LogP contribution in [0.3, 0.4) is 0 Å². The van der Waals surface area contributed by atoms with E-state index in [2.05, 4.69) is 18.7 Å². The molecule has 0 amide bonds. The van der Waals surface area contributed by atoms with Crippen LogP contribution >= 0.6 is 0 Å². The van der Waals surface area contributed by atoms with E-state index >= 15 is 0 Å². The predicted octanol–water partition coefficient (Wildman–Crippen LogP) is 1.03. The van der Waals surface area contributed by atoms with Gasteiger partial charge in [0.1, 0.15) is 0 Å². The van der Waals surface area contributed by atoms with Crippen molar-refractivity contribution in [3.8, 4) is 18.7 Å². The quantitative estimate of drug-likeness (QED) is 0.459. The molecule has 0 saturated carbocycles. The summed E-state index contributed by atoms with van der Waals surface area (Å²) in [4.78, 5) is 0. The molecule has 1 heteroatoms. The molecule has 0 aliphatic heterocycles. The third kappa shape index (κ3) is 6.06.